The standard InChI is InChI=1S/C9H10ClNO4S2/c1-16(12,13)11-6-5-7-8(11)3-2-4-9(7)17(10,14)15/h2-4H,5-6H2,1H3. The molecule has 0 radical (unpaired) electrons. The van der Waals surface area contributed by atoms with Gasteiger partial charge in [-0.15, -0.1) is 0 Å². The summed E-state index contributed by atoms with van der Waals surface area (Å²) in [6, 6.07) is 4.44. The van der Waals surface area contributed by atoms with Gasteiger partial charge in [0.25, 0.3) is 9.05 Å². The molecular formula is C9H10ClNO4S2. The van der Waals surface area contributed by atoms with Gasteiger partial charge in [0.1, 0.15) is 0 Å². The number of fused-ring (bicyclic) bond motifs is 1. The highest BCUT2D eigenvalue weighted by atomic mass is 35.7. The van der Waals surface area contributed by atoms with Crippen molar-refractivity contribution in [1.29, 1.82) is 0 Å². The molecule has 1 aromatic rings. The van der Waals surface area contributed by atoms with Crippen molar-refractivity contribution in [2.24, 2.45) is 0 Å². The van der Waals surface area contributed by atoms with E-state index in [9.17, 15) is 16.8 Å². The lowest BCUT2D eigenvalue weighted by Gasteiger charge is -2.16. The normalized spacial score (nSPS) is 16.0. The zero-order valence-corrected chi connectivity index (χ0v) is 11.3. The van der Waals surface area contributed by atoms with E-state index in [4.69, 9.17) is 10.7 Å². The summed E-state index contributed by atoms with van der Waals surface area (Å²) < 4.78 is 46.9. The molecule has 2 rings (SSSR count). The highest BCUT2D eigenvalue weighted by Gasteiger charge is 2.30. The molecule has 17 heavy (non-hydrogen) atoms. The Balaban J connectivity index is 2.66. The van der Waals surface area contributed by atoms with Gasteiger partial charge in [0.2, 0.25) is 10.0 Å². The molecule has 0 N–H and O–H groups in total. The summed E-state index contributed by atoms with van der Waals surface area (Å²) in [6.45, 7) is 0.248. The number of rotatable bonds is 2. The Kier molecular flexibility index (Phi) is 2.87. The second kappa shape index (κ2) is 3.86. The van der Waals surface area contributed by atoms with Gasteiger partial charge in [-0.1, -0.05) is 6.07 Å². The van der Waals surface area contributed by atoms with E-state index in [1.165, 1.54) is 16.4 Å². The van der Waals surface area contributed by atoms with Crippen LogP contribution in [0.25, 0.3) is 0 Å². The molecule has 0 aromatic heterocycles. The fraction of sp³-hybridized carbons (Fsp3) is 0.333. The molecule has 1 aliphatic heterocycles. The van der Waals surface area contributed by atoms with Crippen molar-refractivity contribution < 1.29 is 16.8 Å². The van der Waals surface area contributed by atoms with Crippen LogP contribution in [0.1, 0.15) is 5.56 Å². The quantitative estimate of drug-likeness (QED) is 0.761. The van der Waals surface area contributed by atoms with Crippen LogP contribution in [0.15, 0.2) is 23.1 Å². The number of nitrogens with zero attached hydrogens (tertiary/aromatic N) is 1. The van der Waals surface area contributed by atoms with E-state index in [1.54, 1.807) is 6.07 Å². The van der Waals surface area contributed by atoms with Crippen molar-refractivity contribution in [3.63, 3.8) is 0 Å². The van der Waals surface area contributed by atoms with Gasteiger partial charge >= 0.3 is 0 Å². The Morgan fingerprint density at radius 1 is 1.24 bits per heavy atom. The van der Waals surface area contributed by atoms with Crippen LogP contribution < -0.4 is 4.31 Å². The number of benzene rings is 1. The molecule has 1 aromatic carbocycles. The van der Waals surface area contributed by atoms with Crippen LogP contribution in [0, 0.1) is 0 Å². The summed E-state index contributed by atoms with van der Waals surface area (Å²) >= 11 is 0. The first-order valence-corrected chi connectivity index (χ1v) is 8.91. The molecule has 0 aliphatic carbocycles. The summed E-state index contributed by atoms with van der Waals surface area (Å²) in [5, 5.41) is 0. The van der Waals surface area contributed by atoms with Crippen LogP contribution in [0.2, 0.25) is 0 Å². The molecule has 0 atom stereocenters. The van der Waals surface area contributed by atoms with Crippen LogP contribution in [-0.4, -0.2) is 29.6 Å². The number of sulfonamides is 1. The first-order valence-electron chi connectivity index (χ1n) is 4.75. The van der Waals surface area contributed by atoms with E-state index in [1.807, 2.05) is 0 Å². The molecule has 0 unspecified atom stereocenters. The van der Waals surface area contributed by atoms with Gasteiger partial charge in [0.15, 0.2) is 0 Å². The highest BCUT2D eigenvalue weighted by Crippen LogP contribution is 2.35. The van der Waals surface area contributed by atoms with Gasteiger partial charge in [-0.2, -0.15) is 0 Å². The van der Waals surface area contributed by atoms with Gasteiger partial charge in [-0.25, -0.2) is 16.8 Å². The second-order valence-electron chi connectivity index (χ2n) is 3.78. The van der Waals surface area contributed by atoms with E-state index in [0.717, 1.165) is 6.26 Å². The molecule has 1 aliphatic rings. The summed E-state index contributed by atoms with van der Waals surface area (Å²) in [7, 11) is -1.92. The van der Waals surface area contributed by atoms with Crippen LogP contribution in [0.3, 0.4) is 0 Å². The maximum Gasteiger partial charge on any atom is 0.261 e. The molecule has 5 nitrogen and oxygen atoms in total. The number of anilines is 1. The molecule has 0 amide bonds. The minimum absolute atomic E-state index is 0.0113. The molecule has 94 valence electrons. The fourth-order valence-electron chi connectivity index (χ4n) is 1.95. The fourth-order valence-corrected chi connectivity index (χ4v) is 4.07. The van der Waals surface area contributed by atoms with E-state index >= 15 is 0 Å². The van der Waals surface area contributed by atoms with Gasteiger partial charge in [0.05, 0.1) is 16.8 Å². The lowest BCUT2D eigenvalue weighted by atomic mass is 10.2. The van der Waals surface area contributed by atoms with Gasteiger partial charge in [-0.3, -0.25) is 4.31 Å². The third-order valence-electron chi connectivity index (χ3n) is 2.60. The van der Waals surface area contributed by atoms with Gasteiger partial charge in [0, 0.05) is 17.2 Å². The zero-order chi connectivity index (χ0) is 12.8. The predicted octanol–water partition coefficient (Wildman–Crippen LogP) is 0.936. The SMILES string of the molecule is CS(=O)(=O)N1CCc2c1cccc2S(=O)(=O)Cl. The topological polar surface area (TPSA) is 71.5 Å². The van der Waals surface area contributed by atoms with E-state index in [2.05, 4.69) is 0 Å². The lowest BCUT2D eigenvalue weighted by molar-refractivity contribution is 0.598. The third-order valence-corrected chi connectivity index (χ3v) is 5.19. The van der Waals surface area contributed by atoms with Crippen molar-refractivity contribution in [3.8, 4) is 0 Å². The Labute approximate surface area is 104 Å². The Morgan fingerprint density at radius 2 is 1.88 bits per heavy atom. The molecule has 0 fully saturated rings. The average molecular weight is 296 g/mol. The maximum absolute atomic E-state index is 11.5. The minimum atomic E-state index is -3.85. The monoisotopic (exact) mass is 295 g/mol. The smallest absolute Gasteiger partial charge is 0.261 e. The minimum Gasteiger partial charge on any atom is -0.270 e. The first-order chi connectivity index (χ1) is 7.71. The largest absolute Gasteiger partial charge is 0.270 e. The number of hydrogen-bond donors (Lipinski definition) is 0. The molecule has 0 saturated carbocycles. The Hall–Kier alpha value is -0.790. The van der Waals surface area contributed by atoms with Crippen LogP contribution in [-0.2, 0) is 25.5 Å². The molecule has 1 heterocycles. The van der Waals surface area contributed by atoms with Crippen LogP contribution in [0.5, 0.6) is 0 Å². The first kappa shape index (κ1) is 12.7. The van der Waals surface area contributed by atoms with E-state index in [-0.39, 0.29) is 11.4 Å². The predicted molar refractivity (Wildman–Crippen MR) is 65.4 cm³/mol. The molecule has 0 bridgehead atoms. The molecular weight excluding hydrogens is 286 g/mol. The van der Waals surface area contributed by atoms with Gasteiger partial charge < -0.3 is 0 Å². The molecule has 8 heteroatoms. The zero-order valence-electron chi connectivity index (χ0n) is 8.92. The van der Waals surface area contributed by atoms with E-state index in [0.29, 0.717) is 17.7 Å². The van der Waals surface area contributed by atoms with Crippen LogP contribution in [0.4, 0.5) is 5.69 Å². The summed E-state index contributed by atoms with van der Waals surface area (Å²) in [4.78, 5) is -0.0113. The van der Waals surface area contributed by atoms with Crippen molar-refractivity contribution in [2.75, 3.05) is 17.1 Å². The molecule has 0 saturated heterocycles. The lowest BCUT2D eigenvalue weighted by Crippen LogP contribution is -2.27. The van der Waals surface area contributed by atoms with Crippen molar-refractivity contribution in [3.05, 3.63) is 23.8 Å². The summed E-state index contributed by atoms with van der Waals surface area (Å²) in [5.74, 6) is 0. The number of hydrogen-bond acceptors (Lipinski definition) is 4. The average Bonchev–Trinajstić information content (AvgIpc) is 2.57. The van der Waals surface area contributed by atoms with Crippen molar-refractivity contribution in [2.45, 2.75) is 11.3 Å². The third kappa shape index (κ3) is 2.27. The Morgan fingerprint density at radius 3 is 2.41 bits per heavy atom. The van der Waals surface area contributed by atoms with E-state index < -0.39 is 19.1 Å². The second-order valence-corrected chi connectivity index (χ2v) is 8.22. The Bertz CT molecular complexity index is 666. The van der Waals surface area contributed by atoms with Crippen molar-refractivity contribution >= 4 is 35.4 Å². The molecule has 0 spiro atoms. The maximum atomic E-state index is 11.5. The van der Waals surface area contributed by atoms with Crippen LogP contribution >= 0.6 is 10.7 Å². The van der Waals surface area contributed by atoms with Crippen molar-refractivity contribution in [1.82, 2.24) is 0 Å². The summed E-state index contributed by atoms with van der Waals surface area (Å²) in [5.41, 5.74) is 0.863. The highest BCUT2D eigenvalue weighted by molar-refractivity contribution is 8.13. The van der Waals surface area contributed by atoms with Gasteiger partial charge in [-0.05, 0) is 24.1 Å². The number of halogens is 1. The summed E-state index contributed by atoms with van der Waals surface area (Å²) in [6.07, 6.45) is 1.44.